The molecule has 5 nitrogen and oxygen atoms in total. The average Bonchev–Trinajstić information content (AvgIpc) is 3.35. The summed E-state index contributed by atoms with van der Waals surface area (Å²) in [6.45, 7) is 0. The number of hydrogen-bond donors (Lipinski definition) is 1. The normalized spacial score (nSPS) is 14.8. The van der Waals surface area contributed by atoms with Gasteiger partial charge in [0.15, 0.2) is 0 Å². The Kier molecular flexibility index (Phi) is 4.39. The van der Waals surface area contributed by atoms with E-state index in [1.54, 1.807) is 48.5 Å². The van der Waals surface area contributed by atoms with E-state index < -0.39 is 12.1 Å². The number of carbonyl (C=O) groups is 2. The van der Waals surface area contributed by atoms with Crippen LogP contribution in [0.5, 0.6) is 0 Å². The second kappa shape index (κ2) is 6.84. The van der Waals surface area contributed by atoms with Crippen LogP contribution in [-0.4, -0.2) is 17.9 Å². The van der Waals surface area contributed by atoms with Gasteiger partial charge in [-0.25, -0.2) is 4.79 Å². The van der Waals surface area contributed by atoms with Crippen LogP contribution in [0.15, 0.2) is 59.0 Å². The number of fused-ring (bicyclic) bond motifs is 1. The van der Waals surface area contributed by atoms with Crippen molar-refractivity contribution in [2.24, 2.45) is 0 Å². The van der Waals surface area contributed by atoms with Gasteiger partial charge in [0.05, 0.1) is 0 Å². The Morgan fingerprint density at radius 1 is 1.12 bits per heavy atom. The molecule has 1 heterocycles. The van der Waals surface area contributed by atoms with Crippen molar-refractivity contribution in [2.75, 3.05) is 0 Å². The van der Waals surface area contributed by atoms with Crippen LogP contribution in [-0.2, 0) is 9.53 Å². The Morgan fingerprint density at radius 2 is 1.88 bits per heavy atom. The zero-order chi connectivity index (χ0) is 18.1. The molecule has 1 aliphatic carbocycles. The summed E-state index contributed by atoms with van der Waals surface area (Å²) in [5, 5.41) is 4.12. The molecular weight excluding hydrogens is 354 g/mol. The summed E-state index contributed by atoms with van der Waals surface area (Å²) in [6, 6.07) is 15.7. The number of carbonyl (C=O) groups excluding carboxylic acids is 2. The number of benzene rings is 2. The number of furan rings is 1. The molecule has 0 unspecified atom stereocenters. The van der Waals surface area contributed by atoms with Gasteiger partial charge in [0.2, 0.25) is 11.9 Å². The molecule has 1 amide bonds. The fourth-order valence-electron chi connectivity index (χ4n) is 2.69. The van der Waals surface area contributed by atoms with Gasteiger partial charge in [-0.3, -0.25) is 4.79 Å². The summed E-state index contributed by atoms with van der Waals surface area (Å²) >= 11 is 5.96. The molecule has 6 heteroatoms. The predicted molar refractivity (Wildman–Crippen MR) is 97.0 cm³/mol. The molecule has 2 aromatic carbocycles. The molecule has 1 atom stereocenters. The maximum absolute atomic E-state index is 12.6. The molecule has 0 aliphatic heterocycles. The first kappa shape index (κ1) is 16.7. The Balaban J connectivity index is 1.59. The predicted octanol–water partition coefficient (Wildman–Crippen LogP) is 4.26. The summed E-state index contributed by atoms with van der Waals surface area (Å²) in [5.74, 6) is -0.995. The van der Waals surface area contributed by atoms with Crippen LogP contribution in [0, 0.1) is 0 Å². The Hall–Kier alpha value is -2.79. The average molecular weight is 370 g/mol. The molecule has 0 saturated heterocycles. The lowest BCUT2D eigenvalue weighted by atomic mass is 10.1. The lowest BCUT2D eigenvalue weighted by Gasteiger charge is -2.17. The van der Waals surface area contributed by atoms with Crippen molar-refractivity contribution >= 4 is 34.4 Å². The van der Waals surface area contributed by atoms with Crippen LogP contribution >= 0.6 is 11.6 Å². The number of rotatable bonds is 5. The monoisotopic (exact) mass is 369 g/mol. The van der Waals surface area contributed by atoms with Gasteiger partial charge >= 0.3 is 5.97 Å². The van der Waals surface area contributed by atoms with E-state index in [4.69, 9.17) is 20.8 Å². The lowest BCUT2D eigenvalue weighted by Crippen LogP contribution is -2.33. The number of ether oxygens (including phenoxy) is 1. The quantitative estimate of drug-likeness (QED) is 0.682. The van der Waals surface area contributed by atoms with Gasteiger partial charge in [-0.2, -0.15) is 0 Å². The molecule has 0 spiro atoms. The second-order valence-corrected chi connectivity index (χ2v) is 6.71. The Labute approximate surface area is 154 Å². The molecule has 132 valence electrons. The van der Waals surface area contributed by atoms with Crippen molar-refractivity contribution in [2.45, 2.75) is 25.0 Å². The topological polar surface area (TPSA) is 68.5 Å². The zero-order valence-electron chi connectivity index (χ0n) is 13.8. The van der Waals surface area contributed by atoms with Gasteiger partial charge in [0, 0.05) is 22.0 Å². The SMILES string of the molecule is O=C(O[C@H](C(=O)NC1CC1)c1ccccc1)c1cc2cc(Cl)ccc2o1. The Morgan fingerprint density at radius 3 is 2.62 bits per heavy atom. The van der Waals surface area contributed by atoms with Crippen molar-refractivity contribution in [1.82, 2.24) is 5.32 Å². The van der Waals surface area contributed by atoms with Crippen molar-refractivity contribution in [3.8, 4) is 0 Å². The van der Waals surface area contributed by atoms with Crippen LogP contribution in [0.4, 0.5) is 0 Å². The maximum Gasteiger partial charge on any atom is 0.375 e. The third-order valence-corrected chi connectivity index (χ3v) is 4.40. The second-order valence-electron chi connectivity index (χ2n) is 6.27. The smallest absolute Gasteiger partial charge is 0.375 e. The molecule has 0 bridgehead atoms. The number of nitrogens with one attached hydrogen (secondary N) is 1. The summed E-state index contributed by atoms with van der Waals surface area (Å²) in [6.07, 6.45) is 0.873. The molecule has 26 heavy (non-hydrogen) atoms. The minimum absolute atomic E-state index is 0.0300. The summed E-state index contributed by atoms with van der Waals surface area (Å²) in [4.78, 5) is 25.1. The van der Waals surface area contributed by atoms with Crippen molar-refractivity contribution in [3.63, 3.8) is 0 Å². The summed E-state index contributed by atoms with van der Waals surface area (Å²) in [7, 11) is 0. The van der Waals surface area contributed by atoms with E-state index in [1.165, 1.54) is 0 Å². The maximum atomic E-state index is 12.6. The van der Waals surface area contributed by atoms with E-state index in [1.807, 2.05) is 6.07 Å². The molecule has 3 aromatic rings. The van der Waals surface area contributed by atoms with Crippen molar-refractivity contribution in [1.29, 1.82) is 0 Å². The van der Waals surface area contributed by atoms with Crippen LogP contribution in [0.3, 0.4) is 0 Å². The zero-order valence-corrected chi connectivity index (χ0v) is 14.5. The summed E-state index contributed by atoms with van der Waals surface area (Å²) in [5.41, 5.74) is 1.14. The fraction of sp³-hybridized carbons (Fsp3) is 0.200. The third-order valence-electron chi connectivity index (χ3n) is 4.17. The molecule has 4 rings (SSSR count). The highest BCUT2D eigenvalue weighted by Crippen LogP contribution is 2.27. The molecule has 1 saturated carbocycles. The van der Waals surface area contributed by atoms with Crippen LogP contribution in [0.25, 0.3) is 11.0 Å². The molecule has 1 aliphatic rings. The molecule has 1 N–H and O–H groups in total. The molecule has 1 fully saturated rings. The number of amides is 1. The van der Waals surface area contributed by atoms with Crippen molar-refractivity contribution in [3.05, 3.63) is 70.9 Å². The molecule has 1 aromatic heterocycles. The molecular formula is C20H16ClNO4. The van der Waals surface area contributed by atoms with Gasteiger partial charge in [-0.1, -0.05) is 41.9 Å². The van der Waals surface area contributed by atoms with E-state index in [9.17, 15) is 9.59 Å². The first-order chi connectivity index (χ1) is 12.6. The van der Waals surface area contributed by atoms with Gasteiger partial charge in [-0.05, 0) is 37.1 Å². The highest BCUT2D eigenvalue weighted by Gasteiger charge is 2.31. The lowest BCUT2D eigenvalue weighted by molar-refractivity contribution is -0.130. The van der Waals surface area contributed by atoms with Crippen molar-refractivity contribution < 1.29 is 18.7 Å². The minimum atomic E-state index is -1.03. The number of esters is 1. The number of hydrogen-bond acceptors (Lipinski definition) is 4. The van der Waals surface area contributed by atoms with E-state index >= 15 is 0 Å². The molecule has 0 radical (unpaired) electrons. The standard InChI is InChI=1S/C20H16ClNO4/c21-14-6-9-16-13(10-14)11-17(25-16)20(24)26-18(12-4-2-1-3-5-12)19(23)22-15-7-8-15/h1-6,9-11,15,18H,7-8H2,(H,22,23)/t18-/m0/s1. The Bertz CT molecular complexity index is 962. The van der Waals surface area contributed by atoms with Gasteiger partial charge in [0.1, 0.15) is 5.58 Å². The van der Waals surface area contributed by atoms with Gasteiger partial charge < -0.3 is 14.5 Å². The minimum Gasteiger partial charge on any atom is -0.449 e. The highest BCUT2D eigenvalue weighted by molar-refractivity contribution is 6.31. The third kappa shape index (κ3) is 3.58. The van der Waals surface area contributed by atoms with E-state index in [0.29, 0.717) is 21.6 Å². The van der Waals surface area contributed by atoms with Crippen LogP contribution < -0.4 is 5.32 Å². The van der Waals surface area contributed by atoms with E-state index in [0.717, 1.165) is 12.8 Å². The van der Waals surface area contributed by atoms with Gasteiger partial charge in [0.25, 0.3) is 5.91 Å². The first-order valence-corrected chi connectivity index (χ1v) is 8.73. The van der Waals surface area contributed by atoms with E-state index in [-0.39, 0.29) is 17.7 Å². The highest BCUT2D eigenvalue weighted by atomic mass is 35.5. The summed E-state index contributed by atoms with van der Waals surface area (Å²) < 4.78 is 11.0. The van der Waals surface area contributed by atoms with E-state index in [2.05, 4.69) is 5.32 Å². The largest absolute Gasteiger partial charge is 0.449 e. The van der Waals surface area contributed by atoms with Gasteiger partial charge in [-0.15, -0.1) is 0 Å². The van der Waals surface area contributed by atoms with Crippen LogP contribution in [0.2, 0.25) is 5.02 Å². The number of halogens is 1. The fourth-order valence-corrected chi connectivity index (χ4v) is 2.87. The van der Waals surface area contributed by atoms with Crippen LogP contribution in [0.1, 0.15) is 35.1 Å². The first-order valence-electron chi connectivity index (χ1n) is 8.35.